The first-order chi connectivity index (χ1) is 13.6. The number of hydrogen-bond donors (Lipinski definition) is 1. The van der Waals surface area contributed by atoms with Crippen LogP contribution < -0.4 is 5.73 Å². The third-order valence-electron chi connectivity index (χ3n) is 4.90. The minimum absolute atomic E-state index is 0.0403. The average Bonchev–Trinajstić information content (AvgIpc) is 3.02. The molecular weight excluding hydrogens is 462 g/mol. The van der Waals surface area contributed by atoms with Crippen LogP contribution in [0.4, 0.5) is 4.79 Å². The highest BCUT2D eigenvalue weighted by atomic mass is 79.9. The van der Waals surface area contributed by atoms with Gasteiger partial charge in [-0.2, -0.15) is 4.31 Å². The van der Waals surface area contributed by atoms with E-state index in [0.717, 1.165) is 17.5 Å². The number of amides is 2. The van der Waals surface area contributed by atoms with E-state index >= 15 is 0 Å². The lowest BCUT2D eigenvalue weighted by molar-refractivity contribution is -0.134. The molecule has 11 heteroatoms. The Morgan fingerprint density at radius 2 is 2.00 bits per heavy atom. The minimum atomic E-state index is -3.98. The fraction of sp³-hybridized carbons (Fsp3) is 0.444. The molecule has 0 spiro atoms. The van der Waals surface area contributed by atoms with Crippen LogP contribution in [0.2, 0.25) is 0 Å². The van der Waals surface area contributed by atoms with Gasteiger partial charge in [-0.15, -0.1) is 0 Å². The number of aromatic nitrogens is 1. The van der Waals surface area contributed by atoms with Crippen molar-refractivity contribution in [2.45, 2.75) is 11.3 Å². The zero-order chi connectivity index (χ0) is 21.3. The molecule has 0 atom stereocenters. The lowest BCUT2D eigenvalue weighted by Gasteiger charge is -2.33. The number of hydrogen-bond acceptors (Lipinski definition) is 5. The summed E-state index contributed by atoms with van der Waals surface area (Å²) < 4.78 is 29.5. The van der Waals surface area contributed by atoms with Crippen LogP contribution in [0.25, 0.3) is 10.9 Å². The Labute approximate surface area is 178 Å². The van der Waals surface area contributed by atoms with Crippen molar-refractivity contribution in [1.29, 1.82) is 0 Å². The molecule has 158 valence electrons. The second-order valence-electron chi connectivity index (χ2n) is 7.24. The molecule has 3 rings (SSSR count). The zero-order valence-electron chi connectivity index (χ0n) is 16.3. The fourth-order valence-corrected chi connectivity index (χ4v) is 5.33. The van der Waals surface area contributed by atoms with Crippen molar-refractivity contribution in [3.63, 3.8) is 0 Å². The van der Waals surface area contributed by atoms with Crippen molar-refractivity contribution in [2.75, 3.05) is 46.8 Å². The highest BCUT2D eigenvalue weighted by molar-refractivity contribution is 9.10. The summed E-state index contributed by atoms with van der Waals surface area (Å²) in [6, 6.07) is 4.17. The smallest absolute Gasteiger partial charge is 0.323 e. The van der Waals surface area contributed by atoms with Gasteiger partial charge in [-0.25, -0.2) is 13.2 Å². The Balaban J connectivity index is 1.86. The van der Waals surface area contributed by atoms with Crippen LogP contribution in [-0.4, -0.2) is 85.8 Å². The largest absolute Gasteiger partial charge is 0.351 e. The Kier molecular flexibility index (Phi) is 6.32. The summed E-state index contributed by atoms with van der Waals surface area (Å²) >= 11 is 3.33. The number of carbonyl (C=O) groups is 2. The number of rotatable bonds is 6. The number of nitrogens with two attached hydrogens (primary N) is 1. The SMILES string of the molecule is CN(C)CCCN1CCN(S(=O)(=O)c2cn(C(N)=O)c3ccc(Br)cc23)CC1=O. The molecule has 0 radical (unpaired) electrons. The van der Waals surface area contributed by atoms with Gasteiger partial charge in [-0.05, 0) is 45.3 Å². The quantitative estimate of drug-likeness (QED) is 0.658. The first kappa shape index (κ1) is 21.8. The molecule has 0 unspecified atom stereocenters. The summed E-state index contributed by atoms with van der Waals surface area (Å²) in [5, 5.41) is 0.374. The second kappa shape index (κ2) is 8.42. The van der Waals surface area contributed by atoms with Crippen LogP contribution >= 0.6 is 15.9 Å². The number of carbonyl (C=O) groups excluding carboxylic acids is 2. The number of piperazine rings is 1. The first-order valence-electron chi connectivity index (χ1n) is 9.14. The molecule has 29 heavy (non-hydrogen) atoms. The normalized spacial score (nSPS) is 16.1. The van der Waals surface area contributed by atoms with E-state index in [4.69, 9.17) is 5.73 Å². The molecule has 9 nitrogen and oxygen atoms in total. The molecule has 2 heterocycles. The molecular formula is C18H24BrN5O4S. The van der Waals surface area contributed by atoms with Gasteiger partial charge in [0.1, 0.15) is 4.90 Å². The molecule has 1 aliphatic rings. The van der Waals surface area contributed by atoms with Gasteiger partial charge in [-0.1, -0.05) is 15.9 Å². The van der Waals surface area contributed by atoms with Gasteiger partial charge in [0.25, 0.3) is 0 Å². The van der Waals surface area contributed by atoms with Gasteiger partial charge in [0, 0.05) is 35.7 Å². The first-order valence-corrected chi connectivity index (χ1v) is 11.4. The van der Waals surface area contributed by atoms with Crippen LogP contribution in [0.5, 0.6) is 0 Å². The lowest BCUT2D eigenvalue weighted by Crippen LogP contribution is -2.52. The van der Waals surface area contributed by atoms with E-state index in [-0.39, 0.29) is 23.9 Å². The summed E-state index contributed by atoms with van der Waals surface area (Å²) in [6.45, 7) is 1.77. The second-order valence-corrected chi connectivity index (χ2v) is 10.1. The summed E-state index contributed by atoms with van der Waals surface area (Å²) in [5.41, 5.74) is 5.80. The topological polar surface area (TPSA) is 109 Å². The molecule has 1 aromatic heterocycles. The number of sulfonamides is 1. The van der Waals surface area contributed by atoms with Gasteiger partial charge in [0.15, 0.2) is 0 Å². The van der Waals surface area contributed by atoms with Crippen molar-refractivity contribution >= 4 is 48.8 Å². The highest BCUT2D eigenvalue weighted by Crippen LogP contribution is 2.30. The molecule has 1 aliphatic heterocycles. The Bertz CT molecular complexity index is 1050. The monoisotopic (exact) mass is 485 g/mol. The van der Waals surface area contributed by atoms with Crippen LogP contribution in [0.3, 0.4) is 0 Å². The van der Waals surface area contributed by atoms with Crippen LogP contribution in [0.15, 0.2) is 33.8 Å². The fourth-order valence-electron chi connectivity index (χ4n) is 3.41. The zero-order valence-corrected chi connectivity index (χ0v) is 18.7. The molecule has 1 fully saturated rings. The summed E-state index contributed by atoms with van der Waals surface area (Å²) in [6.07, 6.45) is 2.05. The van der Waals surface area contributed by atoms with Crippen molar-refractivity contribution < 1.29 is 18.0 Å². The maximum Gasteiger partial charge on any atom is 0.323 e. The highest BCUT2D eigenvalue weighted by Gasteiger charge is 2.35. The number of fused-ring (bicyclic) bond motifs is 1. The van der Waals surface area contributed by atoms with Crippen molar-refractivity contribution in [2.24, 2.45) is 5.73 Å². The lowest BCUT2D eigenvalue weighted by atomic mass is 10.2. The van der Waals surface area contributed by atoms with Gasteiger partial charge in [0.05, 0.1) is 12.1 Å². The molecule has 2 N–H and O–H groups in total. The van der Waals surface area contributed by atoms with Gasteiger partial charge in [-0.3, -0.25) is 9.36 Å². The standard InChI is InChI=1S/C18H24BrN5O4S/c1-21(2)6-3-7-22-8-9-23(12-17(22)25)29(27,28)16-11-24(18(20)26)15-5-4-13(19)10-14(15)16/h4-5,10-11H,3,6-9,12H2,1-2H3,(H2,20,26). The molecule has 0 bridgehead atoms. The number of primary amides is 1. The summed E-state index contributed by atoms with van der Waals surface area (Å²) in [5.74, 6) is -0.224. The Hall–Kier alpha value is -1.95. The molecule has 0 saturated carbocycles. The predicted octanol–water partition coefficient (Wildman–Crippen LogP) is 1.12. The number of nitrogens with zero attached hydrogens (tertiary/aromatic N) is 4. The van der Waals surface area contributed by atoms with E-state index in [1.165, 1.54) is 10.5 Å². The minimum Gasteiger partial charge on any atom is -0.351 e. The summed E-state index contributed by atoms with van der Waals surface area (Å²) in [7, 11) is -0.0492. The Morgan fingerprint density at radius 3 is 2.62 bits per heavy atom. The summed E-state index contributed by atoms with van der Waals surface area (Å²) in [4.78, 5) is 28.0. The van der Waals surface area contributed by atoms with Crippen LogP contribution in [0.1, 0.15) is 6.42 Å². The van der Waals surface area contributed by atoms with Gasteiger partial charge in [0.2, 0.25) is 15.9 Å². The van der Waals surface area contributed by atoms with E-state index < -0.39 is 16.1 Å². The Morgan fingerprint density at radius 1 is 1.28 bits per heavy atom. The predicted molar refractivity (Wildman–Crippen MR) is 113 cm³/mol. The molecule has 1 aromatic carbocycles. The van der Waals surface area contributed by atoms with E-state index in [1.54, 1.807) is 23.1 Å². The maximum absolute atomic E-state index is 13.3. The number of benzene rings is 1. The molecule has 2 aromatic rings. The van der Waals surface area contributed by atoms with E-state index in [9.17, 15) is 18.0 Å². The molecule has 0 aliphatic carbocycles. The third kappa shape index (κ3) is 4.47. The third-order valence-corrected chi connectivity index (χ3v) is 7.27. The van der Waals surface area contributed by atoms with Gasteiger partial charge >= 0.3 is 6.03 Å². The molecule has 1 saturated heterocycles. The molecule has 2 amide bonds. The van der Waals surface area contributed by atoms with Gasteiger partial charge < -0.3 is 15.5 Å². The average molecular weight is 486 g/mol. The maximum atomic E-state index is 13.3. The van der Waals surface area contributed by atoms with Crippen molar-refractivity contribution in [3.05, 3.63) is 28.9 Å². The van der Waals surface area contributed by atoms with E-state index in [1.807, 2.05) is 19.0 Å². The van der Waals surface area contributed by atoms with Crippen LogP contribution in [0, 0.1) is 0 Å². The van der Waals surface area contributed by atoms with Crippen LogP contribution in [-0.2, 0) is 14.8 Å². The van der Waals surface area contributed by atoms with E-state index in [0.29, 0.717) is 28.5 Å². The van der Waals surface area contributed by atoms with E-state index in [2.05, 4.69) is 15.9 Å². The van der Waals surface area contributed by atoms with Crippen molar-refractivity contribution in [1.82, 2.24) is 18.7 Å². The van der Waals surface area contributed by atoms with Crippen molar-refractivity contribution in [3.8, 4) is 0 Å². The number of halogens is 1.